The van der Waals surface area contributed by atoms with Crippen molar-refractivity contribution in [3.63, 3.8) is 0 Å². The second-order valence-electron chi connectivity index (χ2n) is 4.64. The summed E-state index contributed by atoms with van der Waals surface area (Å²) in [6.07, 6.45) is 1.14. The van der Waals surface area contributed by atoms with Gasteiger partial charge in [-0.2, -0.15) is 0 Å². The molecule has 1 aromatic rings. The predicted octanol–water partition coefficient (Wildman–Crippen LogP) is 3.46. The lowest BCUT2D eigenvalue weighted by atomic mass is 9.95. The highest BCUT2D eigenvalue weighted by Crippen LogP contribution is 2.20. The van der Waals surface area contributed by atoms with Gasteiger partial charge in [-0.3, -0.25) is 0 Å². The molecule has 1 heteroatoms. The highest BCUT2D eigenvalue weighted by Gasteiger charge is 2.06. The summed E-state index contributed by atoms with van der Waals surface area (Å²) in [7, 11) is 0. The first-order valence-corrected chi connectivity index (χ1v) is 5.53. The highest BCUT2D eigenvalue weighted by atomic mass is 14.6. The molecule has 1 atom stereocenters. The Morgan fingerprint density at radius 3 is 2.13 bits per heavy atom. The van der Waals surface area contributed by atoms with Crippen LogP contribution in [0.3, 0.4) is 0 Å². The summed E-state index contributed by atoms with van der Waals surface area (Å²) in [4.78, 5) is 0. The lowest BCUT2D eigenvalue weighted by Gasteiger charge is -2.12. The summed E-state index contributed by atoms with van der Waals surface area (Å²) in [6, 6.07) is 8.68. The smallest absolute Gasteiger partial charge is 0.0201 e. The minimum absolute atomic E-state index is 0.248. The Hall–Kier alpha value is -1.24. The van der Waals surface area contributed by atoms with E-state index in [0.717, 1.165) is 12.1 Å². The van der Waals surface area contributed by atoms with Gasteiger partial charge in [0.25, 0.3) is 0 Å². The maximum Gasteiger partial charge on any atom is 0.0201 e. The molecule has 0 bridgehead atoms. The van der Waals surface area contributed by atoms with Crippen LogP contribution in [0.1, 0.15) is 37.8 Å². The quantitative estimate of drug-likeness (QED) is 0.796. The van der Waals surface area contributed by atoms with E-state index in [-0.39, 0.29) is 5.92 Å². The van der Waals surface area contributed by atoms with E-state index < -0.39 is 0 Å². The molecule has 0 saturated heterocycles. The average molecular weight is 203 g/mol. The zero-order valence-corrected chi connectivity index (χ0v) is 9.96. The Kier molecular flexibility index (Phi) is 3.96. The molecule has 15 heavy (non-hydrogen) atoms. The molecule has 1 aromatic carbocycles. The normalized spacial score (nSPS) is 12.8. The summed E-state index contributed by atoms with van der Waals surface area (Å²) in [5.41, 5.74) is 9.06. The fourth-order valence-corrected chi connectivity index (χ4v) is 1.63. The highest BCUT2D eigenvalue weighted by molar-refractivity contribution is 5.29. The van der Waals surface area contributed by atoms with Crippen LogP contribution in [0.5, 0.6) is 0 Å². The van der Waals surface area contributed by atoms with E-state index in [1.54, 1.807) is 0 Å². The van der Waals surface area contributed by atoms with Gasteiger partial charge in [0.1, 0.15) is 0 Å². The lowest BCUT2D eigenvalue weighted by Crippen LogP contribution is -2.05. The van der Waals surface area contributed by atoms with E-state index in [1.165, 1.54) is 11.1 Å². The maximum absolute atomic E-state index is 5.69. The monoisotopic (exact) mass is 203 g/mol. The van der Waals surface area contributed by atoms with Crippen molar-refractivity contribution in [2.75, 3.05) is 0 Å². The van der Waals surface area contributed by atoms with Crippen molar-refractivity contribution in [1.29, 1.82) is 0 Å². The first kappa shape index (κ1) is 11.8. The summed E-state index contributed by atoms with van der Waals surface area (Å²) in [5, 5.41) is 0. The van der Waals surface area contributed by atoms with Crippen LogP contribution in [0.15, 0.2) is 36.5 Å². The molecule has 0 saturated carbocycles. The molecular formula is C14H21N. The fourth-order valence-electron chi connectivity index (χ4n) is 1.63. The first-order valence-electron chi connectivity index (χ1n) is 5.53. The van der Waals surface area contributed by atoms with E-state index in [1.807, 2.05) is 0 Å². The van der Waals surface area contributed by atoms with Gasteiger partial charge < -0.3 is 5.73 Å². The summed E-state index contributed by atoms with van der Waals surface area (Å²) < 4.78 is 0. The Labute approximate surface area is 93.0 Å². The fraction of sp³-hybridized carbons (Fsp3) is 0.429. The molecule has 1 unspecified atom stereocenters. The molecule has 0 fully saturated rings. The van der Waals surface area contributed by atoms with Crippen molar-refractivity contribution in [2.24, 2.45) is 11.7 Å². The number of hydrogen-bond acceptors (Lipinski definition) is 1. The van der Waals surface area contributed by atoms with Crippen molar-refractivity contribution in [2.45, 2.75) is 33.1 Å². The van der Waals surface area contributed by atoms with Crippen molar-refractivity contribution >= 4 is 0 Å². The van der Waals surface area contributed by atoms with Crippen molar-refractivity contribution in [3.05, 3.63) is 47.7 Å². The van der Waals surface area contributed by atoms with Crippen molar-refractivity contribution < 1.29 is 0 Å². The van der Waals surface area contributed by atoms with Crippen LogP contribution in [0.2, 0.25) is 0 Å². The van der Waals surface area contributed by atoms with Crippen molar-refractivity contribution in [3.8, 4) is 0 Å². The maximum atomic E-state index is 5.69. The lowest BCUT2D eigenvalue weighted by molar-refractivity contribution is 0.647. The second-order valence-corrected chi connectivity index (χ2v) is 4.64. The predicted molar refractivity (Wildman–Crippen MR) is 66.7 cm³/mol. The molecule has 0 radical (unpaired) electrons. The zero-order valence-electron chi connectivity index (χ0n) is 9.96. The summed E-state index contributed by atoms with van der Waals surface area (Å²) in [5.74, 6) is 0.954. The average Bonchev–Trinajstić information content (AvgIpc) is 2.17. The largest absolute Gasteiger partial charge is 0.402 e. The topological polar surface area (TPSA) is 26.0 Å². The molecule has 2 N–H and O–H groups in total. The van der Waals surface area contributed by atoms with E-state index in [9.17, 15) is 0 Å². The molecule has 0 aliphatic carbocycles. The van der Waals surface area contributed by atoms with Gasteiger partial charge in [0.15, 0.2) is 0 Å². The Morgan fingerprint density at radius 2 is 1.73 bits per heavy atom. The number of hydrogen-bond donors (Lipinski definition) is 1. The van der Waals surface area contributed by atoms with Gasteiger partial charge in [-0.15, -0.1) is 0 Å². The van der Waals surface area contributed by atoms with Crippen LogP contribution in [0, 0.1) is 5.92 Å². The molecule has 0 aromatic heterocycles. The van der Waals surface area contributed by atoms with E-state index in [4.69, 9.17) is 5.73 Å². The van der Waals surface area contributed by atoms with E-state index >= 15 is 0 Å². The molecule has 0 spiro atoms. The van der Waals surface area contributed by atoms with Gasteiger partial charge in [-0.05, 0) is 23.5 Å². The van der Waals surface area contributed by atoms with Crippen LogP contribution in [-0.2, 0) is 6.42 Å². The Balaban J connectivity index is 2.76. The molecule has 82 valence electrons. The van der Waals surface area contributed by atoms with Crippen LogP contribution in [0.4, 0.5) is 0 Å². The van der Waals surface area contributed by atoms with Gasteiger partial charge in [-0.1, -0.05) is 51.6 Å². The molecule has 1 rings (SSSR count). The van der Waals surface area contributed by atoms with Crippen LogP contribution < -0.4 is 5.73 Å². The van der Waals surface area contributed by atoms with Crippen molar-refractivity contribution in [1.82, 2.24) is 0 Å². The number of rotatable bonds is 4. The second kappa shape index (κ2) is 5.01. The van der Waals surface area contributed by atoms with E-state index in [2.05, 4.69) is 51.6 Å². The SMILES string of the molecule is C=C(N)C(C)c1ccc(CC(C)C)cc1. The third-order valence-corrected chi connectivity index (χ3v) is 2.68. The molecule has 0 aliphatic heterocycles. The van der Waals surface area contributed by atoms with Crippen LogP contribution in [0.25, 0.3) is 0 Å². The summed E-state index contributed by atoms with van der Waals surface area (Å²) >= 11 is 0. The molecule has 1 nitrogen and oxygen atoms in total. The van der Waals surface area contributed by atoms with Gasteiger partial charge in [0.05, 0.1) is 0 Å². The van der Waals surface area contributed by atoms with Gasteiger partial charge in [0.2, 0.25) is 0 Å². The molecular weight excluding hydrogens is 182 g/mol. The molecule has 0 aliphatic rings. The van der Waals surface area contributed by atoms with Crippen LogP contribution >= 0.6 is 0 Å². The molecule has 0 heterocycles. The van der Waals surface area contributed by atoms with Gasteiger partial charge >= 0.3 is 0 Å². The first-order chi connectivity index (χ1) is 7.00. The number of allylic oxidation sites excluding steroid dienone is 1. The minimum Gasteiger partial charge on any atom is -0.402 e. The number of benzene rings is 1. The van der Waals surface area contributed by atoms with Gasteiger partial charge in [-0.25, -0.2) is 0 Å². The third-order valence-electron chi connectivity index (χ3n) is 2.68. The summed E-state index contributed by atoms with van der Waals surface area (Å²) in [6.45, 7) is 10.3. The van der Waals surface area contributed by atoms with Crippen LogP contribution in [-0.4, -0.2) is 0 Å². The Bertz CT molecular complexity index is 322. The van der Waals surface area contributed by atoms with E-state index in [0.29, 0.717) is 5.92 Å². The zero-order chi connectivity index (χ0) is 11.4. The van der Waals surface area contributed by atoms with Gasteiger partial charge in [0, 0.05) is 11.6 Å². The molecule has 0 amide bonds. The number of nitrogens with two attached hydrogens (primary N) is 1. The Morgan fingerprint density at radius 1 is 1.20 bits per heavy atom. The third kappa shape index (κ3) is 3.43. The minimum atomic E-state index is 0.248. The standard InChI is InChI=1S/C14H21N/c1-10(2)9-13-5-7-14(8-6-13)11(3)12(4)15/h5-8,10-11H,4,9,15H2,1-3H3.